The van der Waals surface area contributed by atoms with Gasteiger partial charge in [-0.05, 0) is 61.7 Å². The van der Waals surface area contributed by atoms with E-state index in [9.17, 15) is 14.9 Å². The Morgan fingerprint density at radius 3 is 2.39 bits per heavy atom. The minimum Gasteiger partial charge on any atom is -0.353 e. The Hall–Kier alpha value is -3.99. The molecular weight excluding hydrogens is 516 g/mol. The van der Waals surface area contributed by atoms with E-state index >= 15 is 0 Å². The number of nitrogens with zero attached hydrogens (tertiary/aromatic N) is 1. The number of hydrogen-bond acceptors (Lipinski definition) is 5. The molecule has 0 bridgehead atoms. The van der Waals surface area contributed by atoms with Crippen molar-refractivity contribution in [3.8, 4) is 6.07 Å². The van der Waals surface area contributed by atoms with E-state index in [4.69, 9.17) is 11.6 Å². The largest absolute Gasteiger partial charge is 0.353 e. The third-order valence-electron chi connectivity index (χ3n) is 6.37. The van der Waals surface area contributed by atoms with Crippen molar-refractivity contribution in [3.05, 3.63) is 116 Å². The number of nitrogens with one attached hydrogen (secondary N) is 3. The van der Waals surface area contributed by atoms with Gasteiger partial charge in [-0.2, -0.15) is 5.26 Å². The zero-order valence-corrected chi connectivity index (χ0v) is 22.8. The van der Waals surface area contributed by atoms with Crippen molar-refractivity contribution in [3.63, 3.8) is 0 Å². The first-order chi connectivity index (χ1) is 18.3. The molecule has 0 radical (unpaired) electrons. The van der Waals surface area contributed by atoms with Crippen LogP contribution in [-0.2, 0) is 9.59 Å². The van der Waals surface area contributed by atoms with Gasteiger partial charge in [0.05, 0.1) is 28.3 Å². The third-order valence-corrected chi connectivity index (χ3v) is 7.73. The second-order valence-corrected chi connectivity index (χ2v) is 10.3. The fourth-order valence-electron chi connectivity index (χ4n) is 4.28. The molecule has 0 unspecified atom stereocenters. The first-order valence-corrected chi connectivity index (χ1v) is 13.4. The summed E-state index contributed by atoms with van der Waals surface area (Å²) >= 11 is 7.79. The van der Waals surface area contributed by atoms with Gasteiger partial charge in [0.25, 0.3) is 5.91 Å². The minimum absolute atomic E-state index is 0.0783. The second kappa shape index (κ2) is 12.0. The molecular formula is C30H27ClN4O2S. The number of amides is 2. The molecule has 38 heavy (non-hydrogen) atoms. The van der Waals surface area contributed by atoms with Crippen LogP contribution in [0.5, 0.6) is 0 Å². The van der Waals surface area contributed by atoms with Crippen molar-refractivity contribution in [1.82, 2.24) is 5.32 Å². The van der Waals surface area contributed by atoms with E-state index in [0.717, 1.165) is 16.8 Å². The van der Waals surface area contributed by atoms with Crippen molar-refractivity contribution < 1.29 is 9.59 Å². The van der Waals surface area contributed by atoms with E-state index in [-0.39, 0.29) is 17.6 Å². The van der Waals surface area contributed by atoms with Gasteiger partial charge in [-0.1, -0.05) is 71.9 Å². The van der Waals surface area contributed by atoms with E-state index in [2.05, 4.69) is 22.0 Å². The summed E-state index contributed by atoms with van der Waals surface area (Å²) in [6.07, 6.45) is 0. The van der Waals surface area contributed by atoms with Crippen LogP contribution in [-0.4, -0.2) is 17.6 Å². The number of aryl methyl sites for hydroxylation is 1. The Balaban J connectivity index is 1.64. The van der Waals surface area contributed by atoms with Crippen molar-refractivity contribution >= 4 is 46.6 Å². The first kappa shape index (κ1) is 27.1. The van der Waals surface area contributed by atoms with Crippen molar-refractivity contribution in [1.29, 1.82) is 5.26 Å². The average molecular weight is 543 g/mol. The van der Waals surface area contributed by atoms with Crippen LogP contribution in [0.3, 0.4) is 0 Å². The molecule has 0 aromatic heterocycles. The van der Waals surface area contributed by atoms with E-state index in [1.807, 2.05) is 62.4 Å². The number of nitriles is 1. The lowest BCUT2D eigenvalue weighted by Gasteiger charge is -2.30. The zero-order chi connectivity index (χ0) is 27.2. The van der Waals surface area contributed by atoms with Crippen LogP contribution < -0.4 is 16.0 Å². The molecule has 192 valence electrons. The number of dihydropyridines is 1. The molecule has 0 fully saturated rings. The Morgan fingerprint density at radius 2 is 1.68 bits per heavy atom. The summed E-state index contributed by atoms with van der Waals surface area (Å²) < 4.78 is 0. The van der Waals surface area contributed by atoms with Crippen LogP contribution in [0.15, 0.2) is 94.7 Å². The summed E-state index contributed by atoms with van der Waals surface area (Å²) in [5.74, 6) is -1.16. The van der Waals surface area contributed by atoms with Gasteiger partial charge in [-0.3, -0.25) is 9.59 Å². The van der Waals surface area contributed by atoms with Crippen LogP contribution in [0.4, 0.5) is 11.4 Å². The first-order valence-electron chi connectivity index (χ1n) is 12.0. The van der Waals surface area contributed by atoms with Gasteiger partial charge in [0, 0.05) is 27.7 Å². The number of halogens is 1. The van der Waals surface area contributed by atoms with Gasteiger partial charge in [0.15, 0.2) is 0 Å². The summed E-state index contributed by atoms with van der Waals surface area (Å²) in [4.78, 5) is 26.3. The van der Waals surface area contributed by atoms with Gasteiger partial charge in [-0.15, -0.1) is 0 Å². The standard InChI is InChI=1S/C30H27ClN4O2S/c1-18-10-9-15-25(19(18)2)35-26(36)17-38-30-23(16-32)28(22-13-7-8-14-24(22)31)27(20(3)33-30)29(37)34-21-11-5-4-6-12-21/h4-15,28,33H,17H2,1-3H3,(H,34,37)(H,35,36)/t28-/m0/s1. The molecule has 3 N–H and O–H groups in total. The maximum Gasteiger partial charge on any atom is 0.254 e. The molecule has 3 aromatic rings. The topological polar surface area (TPSA) is 94.0 Å². The molecule has 2 amide bonds. The van der Waals surface area contributed by atoms with Crippen molar-refractivity contribution in [2.75, 3.05) is 16.4 Å². The Morgan fingerprint density at radius 1 is 0.974 bits per heavy atom. The maximum atomic E-state index is 13.5. The smallest absolute Gasteiger partial charge is 0.254 e. The highest BCUT2D eigenvalue weighted by Crippen LogP contribution is 2.43. The normalized spacial score (nSPS) is 15.0. The molecule has 1 aliphatic heterocycles. The quantitative estimate of drug-likeness (QED) is 0.310. The number of thioether (sulfide) groups is 1. The third kappa shape index (κ3) is 5.94. The predicted molar refractivity (Wildman–Crippen MR) is 155 cm³/mol. The zero-order valence-electron chi connectivity index (χ0n) is 21.3. The molecule has 0 saturated heterocycles. The predicted octanol–water partition coefficient (Wildman–Crippen LogP) is 6.66. The monoisotopic (exact) mass is 542 g/mol. The van der Waals surface area contributed by atoms with Crippen LogP contribution in [0.25, 0.3) is 0 Å². The van der Waals surface area contributed by atoms with Gasteiger partial charge in [0.2, 0.25) is 5.91 Å². The number of carbonyl (C=O) groups excluding carboxylic acids is 2. The summed E-state index contributed by atoms with van der Waals surface area (Å²) in [6.45, 7) is 5.74. The van der Waals surface area contributed by atoms with Crippen LogP contribution in [0.1, 0.15) is 29.5 Å². The molecule has 1 aliphatic rings. The summed E-state index contributed by atoms with van der Waals surface area (Å²) in [5.41, 5.74) is 5.43. The number of benzene rings is 3. The van der Waals surface area contributed by atoms with Gasteiger partial charge in [-0.25, -0.2) is 0 Å². The molecule has 4 rings (SSSR count). The highest BCUT2D eigenvalue weighted by molar-refractivity contribution is 8.03. The highest BCUT2D eigenvalue weighted by atomic mass is 35.5. The second-order valence-electron chi connectivity index (χ2n) is 8.88. The molecule has 0 spiro atoms. The number of para-hydroxylation sites is 1. The maximum absolute atomic E-state index is 13.5. The summed E-state index contributed by atoms with van der Waals surface area (Å²) in [7, 11) is 0. The fourth-order valence-corrected chi connectivity index (χ4v) is 5.41. The Bertz CT molecular complexity index is 1490. The Kier molecular flexibility index (Phi) is 8.57. The van der Waals surface area contributed by atoms with Crippen molar-refractivity contribution in [2.45, 2.75) is 26.7 Å². The lowest BCUT2D eigenvalue weighted by atomic mass is 9.82. The number of carbonyl (C=O) groups is 2. The van der Waals surface area contributed by atoms with Gasteiger partial charge < -0.3 is 16.0 Å². The van der Waals surface area contributed by atoms with E-state index in [1.165, 1.54) is 11.8 Å². The van der Waals surface area contributed by atoms with E-state index in [1.54, 1.807) is 31.2 Å². The average Bonchev–Trinajstić information content (AvgIpc) is 2.90. The van der Waals surface area contributed by atoms with E-state index in [0.29, 0.717) is 38.1 Å². The Labute approximate surface area is 231 Å². The molecule has 1 heterocycles. The summed E-state index contributed by atoms with van der Waals surface area (Å²) in [6, 6.07) is 24.3. The number of allylic oxidation sites excluding steroid dienone is 2. The number of rotatable bonds is 7. The summed E-state index contributed by atoms with van der Waals surface area (Å²) in [5, 5.41) is 20.3. The molecule has 1 atom stereocenters. The van der Waals surface area contributed by atoms with Crippen LogP contribution in [0.2, 0.25) is 5.02 Å². The van der Waals surface area contributed by atoms with E-state index < -0.39 is 5.92 Å². The number of hydrogen-bond donors (Lipinski definition) is 3. The highest BCUT2D eigenvalue weighted by Gasteiger charge is 2.36. The van der Waals surface area contributed by atoms with Crippen LogP contribution >= 0.6 is 23.4 Å². The van der Waals surface area contributed by atoms with Gasteiger partial charge in [0.1, 0.15) is 0 Å². The lowest BCUT2D eigenvalue weighted by molar-refractivity contribution is -0.114. The van der Waals surface area contributed by atoms with Gasteiger partial charge >= 0.3 is 0 Å². The van der Waals surface area contributed by atoms with Crippen LogP contribution in [0, 0.1) is 25.2 Å². The lowest BCUT2D eigenvalue weighted by Crippen LogP contribution is -2.31. The molecule has 0 saturated carbocycles. The minimum atomic E-state index is -0.705. The fraction of sp³-hybridized carbons (Fsp3) is 0.167. The molecule has 0 aliphatic carbocycles. The number of anilines is 2. The molecule has 6 nitrogen and oxygen atoms in total. The SMILES string of the molecule is CC1=C(C(=O)Nc2ccccc2)[C@@H](c2ccccc2Cl)C(C#N)=C(SCC(=O)Nc2cccc(C)c2C)N1. The molecule has 3 aromatic carbocycles. The van der Waals surface area contributed by atoms with Crippen molar-refractivity contribution in [2.24, 2.45) is 0 Å². The molecule has 8 heteroatoms.